The summed E-state index contributed by atoms with van der Waals surface area (Å²) in [5, 5.41) is 10.5. The van der Waals surface area contributed by atoms with Crippen LogP contribution in [0, 0.1) is 6.42 Å². The highest BCUT2D eigenvalue weighted by Gasteiger charge is 2.24. The Morgan fingerprint density at radius 1 is 1.06 bits per heavy atom. The topological polar surface area (TPSA) is 20.2 Å². The molecule has 2 heteroatoms. The number of benzene rings is 2. The fourth-order valence-electron chi connectivity index (χ4n) is 2.40. The van der Waals surface area contributed by atoms with Crippen LogP contribution >= 0.6 is 11.6 Å². The zero-order chi connectivity index (χ0) is 11.8. The third-order valence-corrected chi connectivity index (χ3v) is 3.46. The lowest BCUT2D eigenvalue weighted by Gasteiger charge is -2.10. The van der Waals surface area contributed by atoms with E-state index in [0.29, 0.717) is 6.42 Å². The van der Waals surface area contributed by atoms with E-state index in [9.17, 15) is 5.11 Å². The second kappa shape index (κ2) is 4.17. The van der Waals surface area contributed by atoms with E-state index in [4.69, 9.17) is 11.6 Å². The zero-order valence-electron chi connectivity index (χ0n) is 9.23. The molecule has 0 heterocycles. The van der Waals surface area contributed by atoms with E-state index in [2.05, 4.69) is 0 Å². The van der Waals surface area contributed by atoms with Crippen LogP contribution in [0.2, 0.25) is 5.02 Å². The van der Waals surface area contributed by atoms with Crippen molar-refractivity contribution in [3.05, 3.63) is 65.0 Å². The Balaban J connectivity index is 2.21. The molecule has 0 bridgehead atoms. The molecular formula is C15H12ClO. The standard InChI is InChI=1S/C15H12ClO/c16-14-7-6-11-8-12(17)9-13(11)15(14)10-4-2-1-3-5-10/h1-8,12,17H,9H2. The van der Waals surface area contributed by atoms with Crippen LogP contribution in [0.1, 0.15) is 11.1 Å². The van der Waals surface area contributed by atoms with E-state index < -0.39 is 0 Å². The van der Waals surface area contributed by atoms with E-state index in [1.807, 2.05) is 48.9 Å². The predicted octanol–water partition coefficient (Wildman–Crippen LogP) is 3.48. The number of hydrogen-bond donors (Lipinski definition) is 1. The van der Waals surface area contributed by atoms with Crippen LogP contribution in [0.3, 0.4) is 0 Å². The maximum atomic E-state index is 9.71. The molecule has 1 aliphatic carbocycles. The quantitative estimate of drug-likeness (QED) is 0.813. The monoisotopic (exact) mass is 243 g/mol. The summed E-state index contributed by atoms with van der Waals surface area (Å²) >= 11 is 6.29. The van der Waals surface area contributed by atoms with Gasteiger partial charge in [0.2, 0.25) is 0 Å². The van der Waals surface area contributed by atoms with E-state index in [1.165, 1.54) is 0 Å². The van der Waals surface area contributed by atoms with Gasteiger partial charge in [-0.25, -0.2) is 0 Å². The number of aliphatic hydroxyl groups is 1. The van der Waals surface area contributed by atoms with Gasteiger partial charge < -0.3 is 5.11 Å². The normalized spacial score (nSPS) is 18.1. The van der Waals surface area contributed by atoms with Crippen LogP contribution < -0.4 is 0 Å². The average Bonchev–Trinajstić information content (AvgIpc) is 2.70. The fourth-order valence-corrected chi connectivity index (χ4v) is 2.69. The Morgan fingerprint density at radius 3 is 2.59 bits per heavy atom. The Hall–Kier alpha value is -1.31. The first kappa shape index (κ1) is 10.8. The van der Waals surface area contributed by atoms with Crippen molar-refractivity contribution in [1.29, 1.82) is 0 Å². The van der Waals surface area contributed by atoms with Crippen molar-refractivity contribution in [2.45, 2.75) is 12.5 Å². The summed E-state index contributed by atoms with van der Waals surface area (Å²) in [4.78, 5) is 0. The molecular weight excluding hydrogens is 232 g/mol. The number of rotatable bonds is 1. The molecule has 0 amide bonds. The molecule has 1 N–H and O–H groups in total. The van der Waals surface area contributed by atoms with Gasteiger partial charge in [0, 0.05) is 17.0 Å². The van der Waals surface area contributed by atoms with Crippen molar-refractivity contribution in [3.8, 4) is 11.1 Å². The van der Waals surface area contributed by atoms with Crippen molar-refractivity contribution in [2.24, 2.45) is 0 Å². The zero-order valence-corrected chi connectivity index (χ0v) is 9.98. The number of halogens is 1. The van der Waals surface area contributed by atoms with Crippen molar-refractivity contribution < 1.29 is 5.11 Å². The van der Waals surface area contributed by atoms with E-state index in [-0.39, 0.29) is 6.10 Å². The van der Waals surface area contributed by atoms with Crippen LogP contribution in [0.4, 0.5) is 0 Å². The highest BCUT2D eigenvalue weighted by Crippen LogP contribution is 2.38. The number of aliphatic hydroxyl groups excluding tert-OH is 1. The first-order valence-corrected chi connectivity index (χ1v) is 6.03. The van der Waals surface area contributed by atoms with E-state index in [0.717, 1.165) is 27.3 Å². The van der Waals surface area contributed by atoms with Gasteiger partial charge in [-0.3, -0.25) is 0 Å². The maximum absolute atomic E-state index is 9.71. The molecule has 0 saturated carbocycles. The molecule has 85 valence electrons. The highest BCUT2D eigenvalue weighted by molar-refractivity contribution is 6.33. The lowest BCUT2D eigenvalue weighted by Crippen LogP contribution is -2.02. The van der Waals surface area contributed by atoms with Gasteiger partial charge in [0.05, 0.1) is 6.10 Å². The number of hydrogen-bond acceptors (Lipinski definition) is 1. The molecule has 0 saturated heterocycles. The van der Waals surface area contributed by atoms with Gasteiger partial charge in [-0.1, -0.05) is 48.0 Å². The first-order valence-electron chi connectivity index (χ1n) is 5.65. The molecule has 2 aromatic carbocycles. The van der Waals surface area contributed by atoms with Gasteiger partial charge in [-0.05, 0) is 29.2 Å². The van der Waals surface area contributed by atoms with Gasteiger partial charge >= 0.3 is 0 Å². The number of fused-ring (bicyclic) bond motifs is 1. The minimum Gasteiger partial charge on any atom is -0.392 e. The lowest BCUT2D eigenvalue weighted by molar-refractivity contribution is 0.219. The van der Waals surface area contributed by atoms with Gasteiger partial charge in [0.15, 0.2) is 0 Å². The van der Waals surface area contributed by atoms with Gasteiger partial charge in [-0.2, -0.15) is 0 Å². The Kier molecular flexibility index (Phi) is 2.65. The summed E-state index contributed by atoms with van der Waals surface area (Å²) in [5.74, 6) is 0. The van der Waals surface area contributed by atoms with Crippen molar-refractivity contribution in [2.75, 3.05) is 0 Å². The van der Waals surface area contributed by atoms with Crippen molar-refractivity contribution in [3.63, 3.8) is 0 Å². The average molecular weight is 244 g/mol. The van der Waals surface area contributed by atoms with Crippen LogP contribution in [-0.4, -0.2) is 11.2 Å². The third kappa shape index (κ3) is 1.86. The molecule has 17 heavy (non-hydrogen) atoms. The molecule has 1 nitrogen and oxygen atoms in total. The Labute approximate surface area is 106 Å². The third-order valence-electron chi connectivity index (χ3n) is 3.15. The SMILES string of the molecule is OC1[CH]c2ccc(Cl)c(-c3ccccc3)c2C1. The molecule has 1 atom stereocenters. The molecule has 0 spiro atoms. The van der Waals surface area contributed by atoms with Crippen LogP contribution in [0.5, 0.6) is 0 Å². The van der Waals surface area contributed by atoms with Gasteiger partial charge in [0.25, 0.3) is 0 Å². The minimum atomic E-state index is -0.383. The summed E-state index contributed by atoms with van der Waals surface area (Å²) in [6.45, 7) is 0. The smallest absolute Gasteiger partial charge is 0.0656 e. The van der Waals surface area contributed by atoms with Crippen LogP contribution in [-0.2, 0) is 6.42 Å². The maximum Gasteiger partial charge on any atom is 0.0656 e. The molecule has 0 fully saturated rings. The summed E-state index contributed by atoms with van der Waals surface area (Å²) in [7, 11) is 0. The predicted molar refractivity (Wildman–Crippen MR) is 70.0 cm³/mol. The van der Waals surface area contributed by atoms with Crippen LogP contribution in [0.25, 0.3) is 11.1 Å². The van der Waals surface area contributed by atoms with Crippen molar-refractivity contribution in [1.82, 2.24) is 0 Å². The first-order chi connectivity index (χ1) is 8.25. The van der Waals surface area contributed by atoms with Crippen molar-refractivity contribution >= 4 is 11.6 Å². The molecule has 0 aliphatic heterocycles. The van der Waals surface area contributed by atoms with Crippen LogP contribution in [0.15, 0.2) is 42.5 Å². The molecule has 2 aromatic rings. The molecule has 3 rings (SSSR count). The largest absolute Gasteiger partial charge is 0.392 e. The molecule has 1 unspecified atom stereocenters. The second-order valence-electron chi connectivity index (χ2n) is 4.29. The van der Waals surface area contributed by atoms with Gasteiger partial charge in [-0.15, -0.1) is 0 Å². The van der Waals surface area contributed by atoms with E-state index in [1.54, 1.807) is 0 Å². The minimum absolute atomic E-state index is 0.383. The fraction of sp³-hybridized carbons (Fsp3) is 0.133. The Morgan fingerprint density at radius 2 is 1.82 bits per heavy atom. The summed E-state index contributed by atoms with van der Waals surface area (Å²) in [5.41, 5.74) is 4.41. The summed E-state index contributed by atoms with van der Waals surface area (Å²) in [6.07, 6.45) is 2.16. The molecule has 1 aliphatic rings. The lowest BCUT2D eigenvalue weighted by atomic mass is 9.97. The Bertz CT molecular complexity index is 548. The van der Waals surface area contributed by atoms with Gasteiger partial charge in [0.1, 0.15) is 0 Å². The van der Waals surface area contributed by atoms with E-state index >= 15 is 0 Å². The molecule has 1 radical (unpaired) electrons. The summed E-state index contributed by atoms with van der Waals surface area (Å²) < 4.78 is 0. The summed E-state index contributed by atoms with van der Waals surface area (Å²) in [6, 6.07) is 14.0. The second-order valence-corrected chi connectivity index (χ2v) is 4.70. The highest BCUT2D eigenvalue weighted by atomic mass is 35.5. The molecule has 0 aromatic heterocycles.